The Bertz CT molecular complexity index is 458. The molecular formula is C8H7FN2O4. The van der Waals surface area contributed by atoms with Crippen LogP contribution in [0, 0.1) is 39.9 Å². The van der Waals surface area contributed by atoms with Crippen molar-refractivity contribution in [1.82, 2.24) is 0 Å². The van der Waals surface area contributed by atoms with E-state index in [9.17, 15) is 24.6 Å². The van der Waals surface area contributed by atoms with Gasteiger partial charge >= 0.3 is 0 Å². The molecule has 0 saturated carbocycles. The molecule has 80 valence electrons. The Morgan fingerprint density at radius 2 is 1.67 bits per heavy atom. The number of nitro groups is 2. The minimum Gasteiger partial charge on any atom is -0.258 e. The first-order valence-corrected chi connectivity index (χ1v) is 3.94. The summed E-state index contributed by atoms with van der Waals surface area (Å²) in [7, 11) is 0. The summed E-state index contributed by atoms with van der Waals surface area (Å²) in [5.41, 5.74) is -1.45. The van der Waals surface area contributed by atoms with E-state index in [1.807, 2.05) is 0 Å². The van der Waals surface area contributed by atoms with Crippen LogP contribution < -0.4 is 0 Å². The van der Waals surface area contributed by atoms with Gasteiger partial charge in [0.05, 0.1) is 21.5 Å². The normalized spacial score (nSPS) is 10.1. The van der Waals surface area contributed by atoms with E-state index < -0.39 is 27.0 Å². The molecule has 0 saturated heterocycles. The standard InChI is InChI=1S/C8H7FN2O4/c1-4-6(9)3-7(10(12)13)5(2)8(4)11(14)15/h3H,1-2H3. The number of rotatable bonds is 2. The van der Waals surface area contributed by atoms with Crippen molar-refractivity contribution < 1.29 is 14.2 Å². The molecule has 7 heteroatoms. The summed E-state index contributed by atoms with van der Waals surface area (Å²) in [6.45, 7) is 2.44. The molecule has 0 aromatic heterocycles. The predicted molar refractivity (Wildman–Crippen MR) is 49.2 cm³/mol. The summed E-state index contributed by atoms with van der Waals surface area (Å²) in [4.78, 5) is 19.4. The lowest BCUT2D eigenvalue weighted by Gasteiger charge is -2.03. The number of nitro benzene ring substituents is 2. The SMILES string of the molecule is Cc1c(F)cc([N+](=O)[O-])c(C)c1[N+](=O)[O-]. The molecule has 0 aliphatic carbocycles. The topological polar surface area (TPSA) is 86.3 Å². The molecule has 0 radical (unpaired) electrons. The van der Waals surface area contributed by atoms with E-state index in [1.54, 1.807) is 0 Å². The second-order valence-corrected chi connectivity index (χ2v) is 2.99. The van der Waals surface area contributed by atoms with Crippen LogP contribution in [-0.4, -0.2) is 9.85 Å². The van der Waals surface area contributed by atoms with E-state index >= 15 is 0 Å². The first kappa shape index (κ1) is 11.0. The van der Waals surface area contributed by atoms with Gasteiger partial charge in [0.2, 0.25) is 0 Å². The molecule has 0 N–H and O–H groups in total. The highest BCUT2D eigenvalue weighted by molar-refractivity contribution is 5.57. The second kappa shape index (κ2) is 3.60. The highest BCUT2D eigenvalue weighted by Gasteiger charge is 2.27. The highest BCUT2D eigenvalue weighted by atomic mass is 19.1. The third-order valence-electron chi connectivity index (χ3n) is 2.10. The van der Waals surface area contributed by atoms with Gasteiger partial charge in [-0.1, -0.05) is 0 Å². The average Bonchev–Trinajstić information content (AvgIpc) is 2.10. The minimum atomic E-state index is -0.945. The van der Waals surface area contributed by atoms with Crippen LogP contribution in [0.5, 0.6) is 0 Å². The van der Waals surface area contributed by atoms with Gasteiger partial charge in [-0.25, -0.2) is 4.39 Å². The van der Waals surface area contributed by atoms with Crippen molar-refractivity contribution in [3.63, 3.8) is 0 Å². The van der Waals surface area contributed by atoms with Crippen molar-refractivity contribution in [2.75, 3.05) is 0 Å². The third kappa shape index (κ3) is 1.76. The summed E-state index contributed by atoms with van der Waals surface area (Å²) >= 11 is 0. The Hall–Kier alpha value is -2.05. The fraction of sp³-hybridized carbons (Fsp3) is 0.250. The van der Waals surface area contributed by atoms with Gasteiger partial charge in [0, 0.05) is 0 Å². The Labute approximate surface area is 83.6 Å². The summed E-state index contributed by atoms with van der Waals surface area (Å²) < 4.78 is 13.1. The zero-order valence-electron chi connectivity index (χ0n) is 7.98. The highest BCUT2D eigenvalue weighted by Crippen LogP contribution is 2.32. The fourth-order valence-corrected chi connectivity index (χ4v) is 1.32. The maximum Gasteiger partial charge on any atom is 0.284 e. The molecule has 1 aromatic rings. The third-order valence-corrected chi connectivity index (χ3v) is 2.10. The Morgan fingerprint density at radius 3 is 2.07 bits per heavy atom. The van der Waals surface area contributed by atoms with Crippen molar-refractivity contribution in [2.45, 2.75) is 13.8 Å². The number of hydrogen-bond donors (Lipinski definition) is 0. The van der Waals surface area contributed by atoms with Gasteiger partial charge < -0.3 is 0 Å². The van der Waals surface area contributed by atoms with E-state index in [2.05, 4.69) is 0 Å². The summed E-state index contributed by atoms with van der Waals surface area (Å²) in [5, 5.41) is 21.1. The van der Waals surface area contributed by atoms with Crippen LogP contribution >= 0.6 is 0 Å². The monoisotopic (exact) mass is 214 g/mol. The number of benzene rings is 1. The molecule has 1 aromatic carbocycles. The van der Waals surface area contributed by atoms with Crippen molar-refractivity contribution >= 4 is 11.4 Å². The number of halogens is 1. The van der Waals surface area contributed by atoms with Crippen LogP contribution in [0.15, 0.2) is 6.07 Å². The van der Waals surface area contributed by atoms with Gasteiger partial charge in [0.15, 0.2) is 0 Å². The summed E-state index contributed by atoms with van der Waals surface area (Å²) in [6, 6.07) is 0.692. The zero-order valence-corrected chi connectivity index (χ0v) is 7.98. The summed E-state index contributed by atoms with van der Waals surface area (Å²) in [5.74, 6) is -0.945. The molecule has 15 heavy (non-hydrogen) atoms. The molecule has 0 bridgehead atoms. The molecule has 1 rings (SSSR count). The van der Waals surface area contributed by atoms with Gasteiger partial charge in [-0.05, 0) is 13.8 Å². The fourth-order valence-electron chi connectivity index (χ4n) is 1.32. The number of nitrogens with zero attached hydrogens (tertiary/aromatic N) is 2. The molecule has 0 aliphatic rings. The minimum absolute atomic E-state index is 0.135. The maximum atomic E-state index is 13.1. The molecule has 0 aliphatic heterocycles. The lowest BCUT2D eigenvalue weighted by Crippen LogP contribution is -2.02. The van der Waals surface area contributed by atoms with Gasteiger partial charge in [-0.3, -0.25) is 20.2 Å². The molecule has 0 fully saturated rings. The van der Waals surface area contributed by atoms with Crippen molar-refractivity contribution in [3.8, 4) is 0 Å². The molecule has 0 amide bonds. The van der Waals surface area contributed by atoms with Gasteiger partial charge in [0.25, 0.3) is 11.4 Å². The van der Waals surface area contributed by atoms with Crippen LogP contribution in [0.1, 0.15) is 11.1 Å². The van der Waals surface area contributed by atoms with E-state index in [0.29, 0.717) is 6.07 Å². The quantitative estimate of drug-likeness (QED) is 0.558. The predicted octanol–water partition coefficient (Wildman–Crippen LogP) is 2.26. The van der Waals surface area contributed by atoms with Gasteiger partial charge in [-0.2, -0.15) is 0 Å². The van der Waals surface area contributed by atoms with E-state index in [1.165, 1.54) is 13.8 Å². The van der Waals surface area contributed by atoms with Gasteiger partial charge in [0.1, 0.15) is 11.4 Å². The second-order valence-electron chi connectivity index (χ2n) is 2.99. The van der Waals surface area contributed by atoms with E-state index in [0.717, 1.165) is 0 Å². The van der Waals surface area contributed by atoms with Crippen molar-refractivity contribution in [3.05, 3.63) is 43.2 Å². The molecule has 6 nitrogen and oxygen atoms in total. The van der Waals surface area contributed by atoms with Crippen LogP contribution in [-0.2, 0) is 0 Å². The van der Waals surface area contributed by atoms with Crippen LogP contribution in [0.2, 0.25) is 0 Å². The van der Waals surface area contributed by atoms with Crippen molar-refractivity contribution in [2.24, 2.45) is 0 Å². The van der Waals surface area contributed by atoms with Crippen molar-refractivity contribution in [1.29, 1.82) is 0 Å². The van der Waals surface area contributed by atoms with Crippen LogP contribution in [0.3, 0.4) is 0 Å². The largest absolute Gasteiger partial charge is 0.284 e. The van der Waals surface area contributed by atoms with Crippen LogP contribution in [0.25, 0.3) is 0 Å². The van der Waals surface area contributed by atoms with E-state index in [4.69, 9.17) is 0 Å². The Morgan fingerprint density at radius 1 is 1.13 bits per heavy atom. The maximum absolute atomic E-state index is 13.1. The summed E-state index contributed by atoms with van der Waals surface area (Å²) in [6.07, 6.45) is 0. The van der Waals surface area contributed by atoms with E-state index in [-0.39, 0.29) is 11.1 Å². The lowest BCUT2D eigenvalue weighted by atomic mass is 10.1. The van der Waals surface area contributed by atoms with Crippen LogP contribution in [0.4, 0.5) is 15.8 Å². The average molecular weight is 214 g/mol. The first-order valence-electron chi connectivity index (χ1n) is 3.94. The smallest absolute Gasteiger partial charge is 0.258 e. The molecular weight excluding hydrogens is 207 g/mol. The zero-order chi connectivity index (χ0) is 11.7. The molecule has 0 spiro atoms. The number of hydrogen-bond acceptors (Lipinski definition) is 4. The first-order chi connectivity index (χ1) is 6.86. The molecule has 0 heterocycles. The Balaban J connectivity index is 3.63. The Kier molecular flexibility index (Phi) is 2.65. The molecule has 0 unspecified atom stereocenters. The van der Waals surface area contributed by atoms with Gasteiger partial charge in [-0.15, -0.1) is 0 Å². The lowest BCUT2D eigenvalue weighted by molar-refractivity contribution is -0.395. The molecule has 0 atom stereocenters.